The summed E-state index contributed by atoms with van der Waals surface area (Å²) in [6.45, 7) is 5.86. The lowest BCUT2D eigenvalue weighted by Gasteiger charge is -2.29. The van der Waals surface area contributed by atoms with Crippen LogP contribution in [0.2, 0.25) is 0 Å². The third-order valence-corrected chi connectivity index (χ3v) is 5.74. The number of ketones is 1. The SMILES string of the molecule is CCOC(=O)C1CCC(c2nc(N(C)PC(C)C)ccc2C(F)(F)F)CC1=O. The maximum Gasteiger partial charge on any atom is 0.418 e. The number of hydrogen-bond acceptors (Lipinski definition) is 5. The maximum atomic E-state index is 13.5. The molecule has 0 aliphatic heterocycles. The van der Waals surface area contributed by atoms with Crippen molar-refractivity contribution in [3.05, 3.63) is 23.4 Å². The monoisotopic (exact) mass is 418 g/mol. The molecule has 3 atom stereocenters. The molecule has 0 radical (unpaired) electrons. The normalized spacial score (nSPS) is 20.8. The highest BCUT2D eigenvalue weighted by molar-refractivity contribution is 7.40. The number of alkyl halides is 3. The Bertz CT molecular complexity index is 725. The zero-order chi connectivity index (χ0) is 21.1. The molecule has 28 heavy (non-hydrogen) atoms. The Balaban J connectivity index is 2.32. The lowest BCUT2D eigenvalue weighted by molar-refractivity contribution is -0.153. The van der Waals surface area contributed by atoms with Crippen LogP contribution in [-0.2, 0) is 20.5 Å². The number of carbonyl (C=O) groups is 2. The molecule has 1 aromatic rings. The van der Waals surface area contributed by atoms with E-state index in [1.165, 1.54) is 6.07 Å². The fourth-order valence-electron chi connectivity index (χ4n) is 3.40. The highest BCUT2D eigenvalue weighted by Gasteiger charge is 2.41. The molecule has 9 heteroatoms. The molecule has 0 spiro atoms. The maximum absolute atomic E-state index is 13.5. The van der Waals surface area contributed by atoms with Gasteiger partial charge in [-0.15, -0.1) is 0 Å². The second-order valence-corrected chi connectivity index (χ2v) is 9.28. The van der Waals surface area contributed by atoms with Crippen LogP contribution in [0.5, 0.6) is 0 Å². The summed E-state index contributed by atoms with van der Waals surface area (Å²) in [5, 5.41) is 0. The first-order chi connectivity index (χ1) is 13.0. The van der Waals surface area contributed by atoms with Gasteiger partial charge in [0.25, 0.3) is 0 Å². The van der Waals surface area contributed by atoms with Crippen molar-refractivity contribution in [2.75, 3.05) is 18.3 Å². The van der Waals surface area contributed by atoms with Crippen LogP contribution in [0.25, 0.3) is 0 Å². The molecule has 1 saturated carbocycles. The van der Waals surface area contributed by atoms with Crippen LogP contribution in [0.1, 0.15) is 57.2 Å². The largest absolute Gasteiger partial charge is 0.465 e. The number of aromatic nitrogens is 1. The van der Waals surface area contributed by atoms with Crippen molar-refractivity contribution in [1.29, 1.82) is 0 Å². The molecule has 156 valence electrons. The Hall–Kier alpha value is -1.69. The van der Waals surface area contributed by atoms with E-state index in [0.717, 1.165) is 6.07 Å². The Labute approximate surface area is 164 Å². The van der Waals surface area contributed by atoms with Gasteiger partial charge in [0.15, 0.2) is 0 Å². The molecule has 1 fully saturated rings. The topological polar surface area (TPSA) is 59.5 Å². The van der Waals surface area contributed by atoms with Crippen molar-refractivity contribution < 1.29 is 27.5 Å². The summed E-state index contributed by atoms with van der Waals surface area (Å²) in [4.78, 5) is 28.6. The van der Waals surface area contributed by atoms with Gasteiger partial charge >= 0.3 is 12.1 Å². The number of nitrogens with zero attached hydrogens (tertiary/aromatic N) is 2. The molecule has 1 aliphatic rings. The van der Waals surface area contributed by atoms with Crippen molar-refractivity contribution in [3.8, 4) is 0 Å². The number of halogens is 3. The van der Waals surface area contributed by atoms with Crippen molar-refractivity contribution in [1.82, 2.24) is 4.98 Å². The van der Waals surface area contributed by atoms with Gasteiger partial charge in [0.2, 0.25) is 0 Å². The molecule has 3 unspecified atom stereocenters. The molecule has 1 heterocycles. The third kappa shape index (κ3) is 5.43. The lowest BCUT2D eigenvalue weighted by Crippen LogP contribution is -2.32. The van der Waals surface area contributed by atoms with Crippen molar-refractivity contribution in [2.24, 2.45) is 5.92 Å². The molecule has 0 bridgehead atoms. The van der Waals surface area contributed by atoms with Crippen LogP contribution in [0.15, 0.2) is 12.1 Å². The molecule has 0 N–H and O–H groups in total. The van der Waals surface area contributed by atoms with E-state index in [2.05, 4.69) is 4.98 Å². The van der Waals surface area contributed by atoms with Crippen LogP contribution in [0, 0.1) is 5.92 Å². The molecule has 0 saturated heterocycles. The summed E-state index contributed by atoms with van der Waals surface area (Å²) < 4.78 is 47.3. The van der Waals surface area contributed by atoms with Gasteiger partial charge in [0.05, 0.1) is 17.9 Å². The van der Waals surface area contributed by atoms with Crippen LogP contribution >= 0.6 is 8.73 Å². The smallest absolute Gasteiger partial charge is 0.418 e. The summed E-state index contributed by atoms with van der Waals surface area (Å²) >= 11 is 0. The Morgan fingerprint density at radius 2 is 2.04 bits per heavy atom. The van der Waals surface area contributed by atoms with E-state index in [9.17, 15) is 22.8 Å². The molecule has 1 aliphatic carbocycles. The quantitative estimate of drug-likeness (QED) is 0.385. The fourth-order valence-corrected chi connectivity index (χ4v) is 4.43. The van der Waals surface area contributed by atoms with Crippen molar-refractivity contribution in [2.45, 2.75) is 57.8 Å². The van der Waals surface area contributed by atoms with Crippen molar-refractivity contribution >= 4 is 26.3 Å². The zero-order valence-electron chi connectivity index (χ0n) is 16.5. The highest BCUT2D eigenvalue weighted by Crippen LogP contribution is 2.42. The summed E-state index contributed by atoms with van der Waals surface area (Å²) in [5.74, 6) is -2.08. The number of anilines is 1. The van der Waals surface area contributed by atoms with Crippen LogP contribution in [-0.4, -0.2) is 36.1 Å². The minimum absolute atomic E-state index is 0.110. The second-order valence-electron chi connectivity index (χ2n) is 7.19. The zero-order valence-corrected chi connectivity index (χ0v) is 17.5. The van der Waals surface area contributed by atoms with Gasteiger partial charge in [0.1, 0.15) is 17.5 Å². The predicted octanol–water partition coefficient (Wildman–Crippen LogP) is 4.55. The standard InChI is InChI=1S/C19H26F3N2O3P/c1-5-27-18(26)13-7-6-12(10-15(13)25)17-14(19(20,21)22)8-9-16(23-17)24(4)28-11(2)3/h8-9,11-13,28H,5-7,10H2,1-4H3. The fraction of sp³-hybridized carbons (Fsp3) is 0.632. The van der Waals surface area contributed by atoms with Crippen LogP contribution < -0.4 is 4.67 Å². The van der Waals surface area contributed by atoms with Gasteiger partial charge in [-0.25, -0.2) is 4.98 Å². The van der Waals surface area contributed by atoms with E-state index in [-0.39, 0.29) is 37.3 Å². The third-order valence-electron chi connectivity index (χ3n) is 4.61. The molecular formula is C19H26F3N2O3P. The molecular weight excluding hydrogens is 392 g/mol. The first-order valence-electron chi connectivity index (χ1n) is 9.32. The Kier molecular flexibility index (Phi) is 7.43. The minimum atomic E-state index is -4.55. The van der Waals surface area contributed by atoms with E-state index in [1.807, 2.05) is 18.5 Å². The van der Waals surface area contributed by atoms with Crippen LogP contribution in [0.4, 0.5) is 19.0 Å². The molecule has 0 amide bonds. The number of hydrogen-bond donors (Lipinski definition) is 0. The minimum Gasteiger partial charge on any atom is -0.465 e. The predicted molar refractivity (Wildman–Crippen MR) is 103 cm³/mol. The summed E-state index contributed by atoms with van der Waals surface area (Å²) in [6.07, 6.45) is -4.24. The Morgan fingerprint density at radius 1 is 1.36 bits per heavy atom. The summed E-state index contributed by atoms with van der Waals surface area (Å²) in [6, 6.07) is 2.41. The Morgan fingerprint density at radius 3 is 2.57 bits per heavy atom. The van der Waals surface area contributed by atoms with Gasteiger partial charge in [-0.3, -0.25) is 9.59 Å². The summed E-state index contributed by atoms with van der Waals surface area (Å²) in [7, 11) is 2.17. The van der Waals surface area contributed by atoms with E-state index in [0.29, 0.717) is 20.2 Å². The van der Waals surface area contributed by atoms with Crippen LogP contribution in [0.3, 0.4) is 0 Å². The number of carbonyl (C=O) groups excluding carboxylic acids is 2. The summed E-state index contributed by atoms with van der Waals surface area (Å²) in [5.41, 5.74) is -0.579. The van der Waals surface area contributed by atoms with E-state index < -0.39 is 29.5 Å². The van der Waals surface area contributed by atoms with Gasteiger partial charge in [-0.05, 0) is 46.3 Å². The number of Topliss-reactive ketones (excluding diaryl/α,β-unsaturated/α-hetero) is 1. The second kappa shape index (κ2) is 9.21. The van der Waals surface area contributed by atoms with E-state index >= 15 is 0 Å². The van der Waals surface area contributed by atoms with Gasteiger partial charge in [0, 0.05) is 19.4 Å². The first-order valence-corrected chi connectivity index (χ1v) is 10.3. The molecule has 1 aromatic heterocycles. The number of pyridine rings is 1. The van der Waals surface area contributed by atoms with Crippen molar-refractivity contribution in [3.63, 3.8) is 0 Å². The average molecular weight is 418 g/mol. The molecule has 5 nitrogen and oxygen atoms in total. The van der Waals surface area contributed by atoms with Gasteiger partial charge < -0.3 is 9.41 Å². The average Bonchev–Trinajstić information content (AvgIpc) is 2.59. The van der Waals surface area contributed by atoms with Gasteiger partial charge in [-0.1, -0.05) is 13.8 Å². The van der Waals surface area contributed by atoms with E-state index in [1.54, 1.807) is 14.0 Å². The number of esters is 1. The molecule has 2 rings (SSSR count). The molecule has 0 aromatic carbocycles. The lowest BCUT2D eigenvalue weighted by atomic mass is 9.78. The highest BCUT2D eigenvalue weighted by atomic mass is 31.1. The van der Waals surface area contributed by atoms with E-state index in [4.69, 9.17) is 4.74 Å². The number of ether oxygens (including phenoxy) is 1. The number of rotatable bonds is 6. The van der Waals surface area contributed by atoms with Gasteiger partial charge in [-0.2, -0.15) is 13.2 Å². The first kappa shape index (κ1) is 22.6.